The molecule has 1 atom stereocenters. The highest BCUT2D eigenvalue weighted by atomic mass is 16.5. The second kappa shape index (κ2) is 7.46. The highest BCUT2D eigenvalue weighted by Crippen LogP contribution is 2.17. The maximum absolute atomic E-state index is 5.53. The standard InChI is InChI=1S/C15H25N3O/c1-3-16-9-13-6-7-15(17-10-13)18(2)11-14-5-4-8-19-12-14/h6-7,10,14,16H,3-5,8-9,11-12H2,1-2H3. The van der Waals surface area contributed by atoms with Crippen molar-refractivity contribution in [2.45, 2.75) is 26.3 Å². The Hall–Kier alpha value is -1.13. The number of aromatic nitrogens is 1. The van der Waals surface area contributed by atoms with Gasteiger partial charge in [-0.3, -0.25) is 0 Å². The van der Waals surface area contributed by atoms with Gasteiger partial charge in [-0.2, -0.15) is 0 Å². The normalized spacial score (nSPS) is 19.4. The molecule has 0 aromatic carbocycles. The molecule has 0 amide bonds. The third-order valence-electron chi connectivity index (χ3n) is 3.57. The number of ether oxygens (including phenoxy) is 1. The highest BCUT2D eigenvalue weighted by molar-refractivity contribution is 5.38. The molecule has 4 nitrogen and oxygen atoms in total. The monoisotopic (exact) mass is 263 g/mol. The predicted octanol–water partition coefficient (Wildman–Crippen LogP) is 2.05. The zero-order chi connectivity index (χ0) is 13.5. The topological polar surface area (TPSA) is 37.4 Å². The van der Waals surface area contributed by atoms with E-state index in [4.69, 9.17) is 4.74 Å². The van der Waals surface area contributed by atoms with Crippen molar-refractivity contribution in [3.8, 4) is 0 Å². The number of nitrogens with one attached hydrogen (secondary N) is 1. The average Bonchev–Trinajstić information content (AvgIpc) is 2.46. The predicted molar refractivity (Wildman–Crippen MR) is 78.4 cm³/mol. The average molecular weight is 263 g/mol. The minimum Gasteiger partial charge on any atom is -0.381 e. The molecule has 106 valence electrons. The largest absolute Gasteiger partial charge is 0.381 e. The van der Waals surface area contributed by atoms with Gasteiger partial charge in [-0.15, -0.1) is 0 Å². The summed E-state index contributed by atoms with van der Waals surface area (Å²) in [5.74, 6) is 1.69. The minimum absolute atomic E-state index is 0.641. The molecule has 0 radical (unpaired) electrons. The fourth-order valence-electron chi connectivity index (χ4n) is 2.45. The Morgan fingerprint density at radius 1 is 1.47 bits per heavy atom. The van der Waals surface area contributed by atoms with Crippen LogP contribution in [0.5, 0.6) is 0 Å². The molecule has 1 unspecified atom stereocenters. The summed E-state index contributed by atoms with van der Waals surface area (Å²) in [5, 5.41) is 3.31. The van der Waals surface area contributed by atoms with Gasteiger partial charge in [0.05, 0.1) is 6.61 Å². The fraction of sp³-hybridized carbons (Fsp3) is 0.667. The molecule has 1 aliphatic heterocycles. The van der Waals surface area contributed by atoms with E-state index >= 15 is 0 Å². The molecule has 19 heavy (non-hydrogen) atoms. The maximum atomic E-state index is 5.53. The first-order chi connectivity index (χ1) is 9.29. The summed E-state index contributed by atoms with van der Waals surface area (Å²) in [6, 6.07) is 4.26. The van der Waals surface area contributed by atoms with Crippen LogP contribution in [0.15, 0.2) is 18.3 Å². The minimum atomic E-state index is 0.641. The van der Waals surface area contributed by atoms with Crippen LogP contribution < -0.4 is 10.2 Å². The van der Waals surface area contributed by atoms with Crippen molar-refractivity contribution < 1.29 is 4.74 Å². The number of anilines is 1. The van der Waals surface area contributed by atoms with Crippen molar-refractivity contribution in [3.05, 3.63) is 23.9 Å². The fourth-order valence-corrected chi connectivity index (χ4v) is 2.45. The lowest BCUT2D eigenvalue weighted by molar-refractivity contribution is 0.0576. The van der Waals surface area contributed by atoms with E-state index in [2.05, 4.69) is 41.3 Å². The molecule has 1 fully saturated rings. The number of hydrogen-bond acceptors (Lipinski definition) is 4. The van der Waals surface area contributed by atoms with E-state index in [9.17, 15) is 0 Å². The molecule has 0 bridgehead atoms. The zero-order valence-corrected chi connectivity index (χ0v) is 12.1. The van der Waals surface area contributed by atoms with Gasteiger partial charge < -0.3 is 15.0 Å². The second-order valence-electron chi connectivity index (χ2n) is 5.27. The van der Waals surface area contributed by atoms with Crippen molar-refractivity contribution in [1.29, 1.82) is 0 Å². The Kier molecular flexibility index (Phi) is 5.61. The van der Waals surface area contributed by atoms with Crippen LogP contribution in [-0.4, -0.2) is 38.3 Å². The Labute approximate surface area is 116 Å². The maximum Gasteiger partial charge on any atom is 0.128 e. The van der Waals surface area contributed by atoms with Gasteiger partial charge in [0.15, 0.2) is 0 Å². The van der Waals surface area contributed by atoms with E-state index in [1.165, 1.54) is 18.4 Å². The number of nitrogens with zero attached hydrogens (tertiary/aromatic N) is 2. The third-order valence-corrected chi connectivity index (χ3v) is 3.57. The van der Waals surface area contributed by atoms with Gasteiger partial charge in [-0.25, -0.2) is 4.98 Å². The van der Waals surface area contributed by atoms with Gasteiger partial charge >= 0.3 is 0 Å². The van der Waals surface area contributed by atoms with Crippen molar-refractivity contribution in [2.75, 3.05) is 38.3 Å². The molecule has 1 aliphatic rings. The summed E-state index contributed by atoms with van der Waals surface area (Å²) in [6.07, 6.45) is 4.42. The first kappa shape index (κ1) is 14.3. The Morgan fingerprint density at radius 3 is 3.00 bits per heavy atom. The van der Waals surface area contributed by atoms with Crippen LogP contribution in [-0.2, 0) is 11.3 Å². The van der Waals surface area contributed by atoms with Gasteiger partial charge in [0, 0.05) is 32.9 Å². The van der Waals surface area contributed by atoms with Crippen molar-refractivity contribution >= 4 is 5.82 Å². The number of rotatable bonds is 6. The van der Waals surface area contributed by atoms with Gasteiger partial charge in [0.2, 0.25) is 0 Å². The van der Waals surface area contributed by atoms with Crippen LogP contribution >= 0.6 is 0 Å². The van der Waals surface area contributed by atoms with E-state index in [1.807, 2.05) is 6.20 Å². The third kappa shape index (κ3) is 4.48. The van der Waals surface area contributed by atoms with E-state index in [1.54, 1.807) is 0 Å². The van der Waals surface area contributed by atoms with Crippen LogP contribution in [0.25, 0.3) is 0 Å². The molecular weight excluding hydrogens is 238 g/mol. The summed E-state index contributed by atoms with van der Waals surface area (Å²) in [6.45, 7) is 6.84. The first-order valence-electron chi connectivity index (χ1n) is 7.24. The molecule has 2 rings (SSSR count). The van der Waals surface area contributed by atoms with Crippen LogP contribution in [0.2, 0.25) is 0 Å². The lowest BCUT2D eigenvalue weighted by Gasteiger charge is -2.27. The Bertz CT molecular complexity index is 360. The summed E-state index contributed by atoms with van der Waals surface area (Å²) >= 11 is 0. The molecule has 0 saturated carbocycles. The Morgan fingerprint density at radius 2 is 2.37 bits per heavy atom. The quantitative estimate of drug-likeness (QED) is 0.852. The number of hydrogen-bond donors (Lipinski definition) is 1. The first-order valence-corrected chi connectivity index (χ1v) is 7.24. The summed E-state index contributed by atoms with van der Waals surface area (Å²) in [7, 11) is 2.11. The lowest BCUT2D eigenvalue weighted by atomic mass is 10.0. The van der Waals surface area contributed by atoms with Crippen LogP contribution in [0.3, 0.4) is 0 Å². The molecule has 1 N–H and O–H groups in total. The van der Waals surface area contributed by atoms with E-state index in [0.29, 0.717) is 5.92 Å². The molecule has 0 spiro atoms. The van der Waals surface area contributed by atoms with Gasteiger partial charge in [0.25, 0.3) is 0 Å². The van der Waals surface area contributed by atoms with Gasteiger partial charge in [-0.05, 0) is 36.9 Å². The lowest BCUT2D eigenvalue weighted by Crippen LogP contribution is -2.31. The van der Waals surface area contributed by atoms with E-state index in [0.717, 1.165) is 38.7 Å². The highest BCUT2D eigenvalue weighted by Gasteiger charge is 2.16. The van der Waals surface area contributed by atoms with E-state index in [-0.39, 0.29) is 0 Å². The molecule has 1 aromatic heterocycles. The summed E-state index contributed by atoms with van der Waals surface area (Å²) in [5.41, 5.74) is 1.24. The van der Waals surface area contributed by atoms with Crippen LogP contribution in [0.1, 0.15) is 25.3 Å². The summed E-state index contributed by atoms with van der Waals surface area (Å²) in [4.78, 5) is 6.77. The van der Waals surface area contributed by atoms with Gasteiger partial charge in [0.1, 0.15) is 5.82 Å². The van der Waals surface area contributed by atoms with Crippen molar-refractivity contribution in [2.24, 2.45) is 5.92 Å². The second-order valence-corrected chi connectivity index (χ2v) is 5.27. The molecule has 4 heteroatoms. The van der Waals surface area contributed by atoms with Crippen molar-refractivity contribution in [1.82, 2.24) is 10.3 Å². The van der Waals surface area contributed by atoms with Crippen molar-refractivity contribution in [3.63, 3.8) is 0 Å². The zero-order valence-electron chi connectivity index (χ0n) is 12.1. The van der Waals surface area contributed by atoms with Crippen LogP contribution in [0, 0.1) is 5.92 Å². The van der Waals surface area contributed by atoms with E-state index < -0.39 is 0 Å². The van der Waals surface area contributed by atoms with Crippen LogP contribution in [0.4, 0.5) is 5.82 Å². The molecule has 1 aromatic rings. The SMILES string of the molecule is CCNCc1ccc(N(C)CC2CCCOC2)nc1. The van der Waals surface area contributed by atoms with Gasteiger partial charge in [-0.1, -0.05) is 13.0 Å². The number of pyridine rings is 1. The molecule has 1 saturated heterocycles. The molecule has 0 aliphatic carbocycles. The molecular formula is C15H25N3O. The molecule has 2 heterocycles. The smallest absolute Gasteiger partial charge is 0.128 e. The Balaban J connectivity index is 1.85. The summed E-state index contributed by atoms with van der Waals surface area (Å²) < 4.78 is 5.53.